The number of methoxy groups -OCH3 is 1. The van der Waals surface area contributed by atoms with Gasteiger partial charge in [0.05, 0.1) is 7.11 Å². The second-order valence-corrected chi connectivity index (χ2v) is 7.10. The molecule has 5 heteroatoms. The molecule has 2 aromatic rings. The van der Waals surface area contributed by atoms with Crippen LogP contribution in [0.1, 0.15) is 19.8 Å². The number of benzene rings is 2. The van der Waals surface area contributed by atoms with Crippen molar-refractivity contribution in [1.29, 1.82) is 0 Å². The fourth-order valence-corrected chi connectivity index (χ4v) is 3.25. The lowest BCUT2D eigenvalue weighted by molar-refractivity contribution is 0.0969. The van der Waals surface area contributed by atoms with Gasteiger partial charge in [-0.05, 0) is 43.0 Å². The molecule has 2 heterocycles. The van der Waals surface area contributed by atoms with Crippen LogP contribution in [0, 0.1) is 5.92 Å². The Balaban J connectivity index is 0.000000159. The van der Waals surface area contributed by atoms with Crippen LogP contribution in [-0.4, -0.2) is 39.5 Å². The van der Waals surface area contributed by atoms with Gasteiger partial charge in [0.25, 0.3) is 0 Å². The predicted molar refractivity (Wildman–Crippen MR) is 109 cm³/mol. The minimum absolute atomic E-state index is 0.0000926. The number of ether oxygens (including phenoxy) is 3. The van der Waals surface area contributed by atoms with Gasteiger partial charge in [-0.15, -0.1) is 0 Å². The van der Waals surface area contributed by atoms with Crippen molar-refractivity contribution in [2.24, 2.45) is 11.7 Å². The first kappa shape index (κ1) is 19.4. The normalized spacial score (nSPS) is 19.1. The molecule has 146 valence electrons. The number of para-hydroxylation sites is 2. The number of piperidine rings is 1. The molecule has 0 radical (unpaired) electrons. The Morgan fingerprint density at radius 1 is 1.07 bits per heavy atom. The van der Waals surface area contributed by atoms with Gasteiger partial charge in [-0.1, -0.05) is 25.1 Å². The summed E-state index contributed by atoms with van der Waals surface area (Å²) in [6, 6.07) is 16.0. The van der Waals surface area contributed by atoms with E-state index in [1.807, 2.05) is 30.3 Å². The highest BCUT2D eigenvalue weighted by atomic mass is 16.6. The van der Waals surface area contributed by atoms with Gasteiger partial charge in [-0.2, -0.15) is 0 Å². The first-order chi connectivity index (χ1) is 13.2. The summed E-state index contributed by atoms with van der Waals surface area (Å²) in [5.74, 6) is 3.43. The number of anilines is 1. The third-order valence-electron chi connectivity index (χ3n) is 5.03. The topological polar surface area (TPSA) is 57.0 Å². The SMILES string of the molecule is COc1cccc(N2CCC(C)CC2)c1.NCC1COc2ccccc2O1. The van der Waals surface area contributed by atoms with Crippen LogP contribution in [0.25, 0.3) is 0 Å². The smallest absolute Gasteiger partial charge is 0.161 e. The van der Waals surface area contributed by atoms with E-state index in [4.69, 9.17) is 19.9 Å². The molecule has 1 saturated heterocycles. The second-order valence-electron chi connectivity index (χ2n) is 7.10. The minimum atomic E-state index is -0.0000926. The van der Waals surface area contributed by atoms with Crippen molar-refractivity contribution in [3.05, 3.63) is 48.5 Å². The number of nitrogens with zero attached hydrogens (tertiary/aromatic N) is 1. The molecule has 27 heavy (non-hydrogen) atoms. The number of hydrogen-bond donors (Lipinski definition) is 1. The van der Waals surface area contributed by atoms with Gasteiger partial charge in [-0.25, -0.2) is 0 Å². The standard InChI is InChI=1S/C13H19NO.C9H11NO2/c1-11-6-8-14(9-7-11)12-4-3-5-13(10-12)15-2;10-5-7-6-11-8-3-1-2-4-9(8)12-7/h3-5,10-11H,6-9H2,1-2H3;1-4,7H,5-6,10H2. The highest BCUT2D eigenvalue weighted by Crippen LogP contribution is 2.30. The maximum absolute atomic E-state index is 5.53. The molecule has 1 atom stereocenters. The van der Waals surface area contributed by atoms with E-state index in [0.29, 0.717) is 13.2 Å². The number of rotatable bonds is 3. The molecule has 1 unspecified atom stereocenters. The van der Waals surface area contributed by atoms with E-state index in [2.05, 4.69) is 30.0 Å². The molecule has 0 saturated carbocycles. The fraction of sp³-hybridized carbons (Fsp3) is 0.455. The molecule has 0 aliphatic carbocycles. The maximum atomic E-state index is 5.53. The van der Waals surface area contributed by atoms with Crippen LogP contribution >= 0.6 is 0 Å². The lowest BCUT2D eigenvalue weighted by atomic mass is 9.99. The number of hydrogen-bond acceptors (Lipinski definition) is 5. The summed E-state index contributed by atoms with van der Waals surface area (Å²) in [7, 11) is 1.72. The quantitative estimate of drug-likeness (QED) is 0.892. The van der Waals surface area contributed by atoms with E-state index >= 15 is 0 Å². The van der Waals surface area contributed by atoms with Crippen molar-refractivity contribution in [2.75, 3.05) is 38.3 Å². The average Bonchev–Trinajstić information content (AvgIpc) is 2.74. The van der Waals surface area contributed by atoms with Crippen molar-refractivity contribution in [2.45, 2.75) is 25.9 Å². The maximum Gasteiger partial charge on any atom is 0.161 e. The van der Waals surface area contributed by atoms with Crippen LogP contribution in [0.15, 0.2) is 48.5 Å². The Bertz CT molecular complexity index is 714. The monoisotopic (exact) mass is 370 g/mol. The Hall–Kier alpha value is -2.40. The minimum Gasteiger partial charge on any atom is -0.497 e. The predicted octanol–water partition coefficient (Wildman–Crippen LogP) is 3.72. The van der Waals surface area contributed by atoms with Gasteiger partial charge < -0.3 is 24.8 Å². The Labute approximate surface area is 162 Å². The van der Waals surface area contributed by atoms with E-state index in [1.165, 1.54) is 31.6 Å². The lowest BCUT2D eigenvalue weighted by Crippen LogP contribution is -2.35. The summed E-state index contributed by atoms with van der Waals surface area (Å²) < 4.78 is 16.2. The zero-order valence-electron chi connectivity index (χ0n) is 16.3. The Morgan fingerprint density at radius 3 is 2.52 bits per heavy atom. The zero-order chi connectivity index (χ0) is 19.1. The molecule has 0 amide bonds. The molecule has 2 aromatic carbocycles. The van der Waals surface area contributed by atoms with E-state index in [0.717, 1.165) is 23.2 Å². The summed E-state index contributed by atoms with van der Waals surface area (Å²) in [4.78, 5) is 2.45. The van der Waals surface area contributed by atoms with Crippen molar-refractivity contribution in [1.82, 2.24) is 0 Å². The second kappa shape index (κ2) is 9.51. The molecule has 2 N–H and O–H groups in total. The summed E-state index contributed by atoms with van der Waals surface area (Å²) in [6.07, 6.45) is 2.61. The molecular formula is C22H30N2O3. The Morgan fingerprint density at radius 2 is 1.81 bits per heavy atom. The van der Waals surface area contributed by atoms with Crippen molar-refractivity contribution >= 4 is 5.69 Å². The van der Waals surface area contributed by atoms with Gasteiger partial charge >= 0.3 is 0 Å². The van der Waals surface area contributed by atoms with Gasteiger partial charge in [0, 0.05) is 31.4 Å². The first-order valence-corrected chi connectivity index (χ1v) is 9.67. The third kappa shape index (κ3) is 5.30. The molecule has 0 spiro atoms. The summed E-state index contributed by atoms with van der Waals surface area (Å²) in [5, 5.41) is 0. The lowest BCUT2D eigenvalue weighted by Gasteiger charge is -2.32. The van der Waals surface area contributed by atoms with Gasteiger partial charge in [0.2, 0.25) is 0 Å². The van der Waals surface area contributed by atoms with Crippen LogP contribution in [0.3, 0.4) is 0 Å². The van der Waals surface area contributed by atoms with Crippen molar-refractivity contribution in [3.8, 4) is 17.2 Å². The molecule has 2 aliphatic rings. The molecule has 5 nitrogen and oxygen atoms in total. The molecular weight excluding hydrogens is 340 g/mol. The van der Waals surface area contributed by atoms with Crippen molar-refractivity contribution in [3.63, 3.8) is 0 Å². The van der Waals surface area contributed by atoms with E-state index in [1.54, 1.807) is 7.11 Å². The summed E-state index contributed by atoms with van der Waals surface area (Å²) >= 11 is 0. The Kier molecular flexibility index (Phi) is 6.82. The molecule has 1 fully saturated rings. The van der Waals surface area contributed by atoms with Crippen LogP contribution in [0.5, 0.6) is 17.2 Å². The number of fused-ring (bicyclic) bond motifs is 1. The van der Waals surface area contributed by atoms with Gasteiger partial charge in [0.1, 0.15) is 18.5 Å². The van der Waals surface area contributed by atoms with Gasteiger partial charge in [-0.3, -0.25) is 0 Å². The molecule has 4 rings (SSSR count). The van der Waals surface area contributed by atoms with Crippen LogP contribution in [-0.2, 0) is 0 Å². The first-order valence-electron chi connectivity index (χ1n) is 9.67. The van der Waals surface area contributed by atoms with Gasteiger partial charge in [0.15, 0.2) is 11.5 Å². The number of nitrogens with two attached hydrogens (primary N) is 1. The summed E-state index contributed by atoms with van der Waals surface area (Å²) in [5.41, 5.74) is 6.75. The zero-order valence-corrected chi connectivity index (χ0v) is 16.3. The van der Waals surface area contributed by atoms with Crippen LogP contribution < -0.4 is 24.8 Å². The van der Waals surface area contributed by atoms with Crippen molar-refractivity contribution < 1.29 is 14.2 Å². The fourth-order valence-electron chi connectivity index (χ4n) is 3.25. The van der Waals surface area contributed by atoms with E-state index in [9.17, 15) is 0 Å². The molecule has 2 aliphatic heterocycles. The molecule has 0 bridgehead atoms. The average molecular weight is 370 g/mol. The van der Waals surface area contributed by atoms with E-state index < -0.39 is 0 Å². The third-order valence-corrected chi connectivity index (χ3v) is 5.03. The summed E-state index contributed by atoms with van der Waals surface area (Å²) in [6.45, 7) is 5.73. The van der Waals surface area contributed by atoms with Crippen LogP contribution in [0.2, 0.25) is 0 Å². The van der Waals surface area contributed by atoms with E-state index in [-0.39, 0.29) is 6.10 Å². The van der Waals surface area contributed by atoms with Crippen LogP contribution in [0.4, 0.5) is 5.69 Å². The molecule has 0 aromatic heterocycles. The largest absolute Gasteiger partial charge is 0.497 e. The highest BCUT2D eigenvalue weighted by molar-refractivity contribution is 5.51. The highest BCUT2D eigenvalue weighted by Gasteiger charge is 2.18.